The summed E-state index contributed by atoms with van der Waals surface area (Å²) in [4.78, 5) is 5.64. The minimum Gasteiger partial charge on any atom is -0.456 e. The molecule has 0 saturated carbocycles. The van der Waals surface area contributed by atoms with E-state index in [-0.39, 0.29) is 5.15 Å². The molecule has 0 amide bonds. The van der Waals surface area contributed by atoms with E-state index in [1.54, 1.807) is 6.07 Å². The molecule has 18 heavy (non-hydrogen) atoms. The summed E-state index contributed by atoms with van der Waals surface area (Å²) in [6.07, 6.45) is 1.38. The van der Waals surface area contributed by atoms with Gasteiger partial charge >= 0.3 is 0 Å². The highest BCUT2D eigenvalue weighted by molar-refractivity contribution is 6.29. The maximum Gasteiger partial charge on any atom is 0.164 e. The first-order chi connectivity index (χ1) is 8.56. The topological polar surface area (TPSA) is 25.4 Å². The quantitative estimate of drug-likeness (QED) is 0.792. The second kappa shape index (κ2) is 5.23. The first kappa shape index (κ1) is 12.6. The molecule has 0 atom stereocenters. The highest BCUT2D eigenvalue weighted by atomic mass is 35.5. The van der Waals surface area contributed by atoms with Crippen LogP contribution in [0.1, 0.15) is 0 Å². The summed E-state index contributed by atoms with van der Waals surface area (Å²) in [5, 5.41) is -0.163. The standard InChI is InChI=1S/C13H12ClFN2O/c1-17(2)9-4-3-5-10(6-9)18-11-7-12(15)13(14)16-8-11/h3-8H,1-2H3. The summed E-state index contributed by atoms with van der Waals surface area (Å²) in [7, 11) is 3.87. The van der Waals surface area contributed by atoms with E-state index in [4.69, 9.17) is 16.3 Å². The van der Waals surface area contributed by atoms with Crippen molar-refractivity contribution in [3.63, 3.8) is 0 Å². The summed E-state index contributed by atoms with van der Waals surface area (Å²) in [6.45, 7) is 0. The summed E-state index contributed by atoms with van der Waals surface area (Å²) in [5.41, 5.74) is 0.995. The lowest BCUT2D eigenvalue weighted by Gasteiger charge is -2.13. The van der Waals surface area contributed by atoms with E-state index < -0.39 is 5.82 Å². The van der Waals surface area contributed by atoms with Gasteiger partial charge in [-0.05, 0) is 12.1 Å². The third-order valence-corrected chi connectivity index (χ3v) is 2.62. The van der Waals surface area contributed by atoms with Gasteiger partial charge in [0.05, 0.1) is 6.20 Å². The van der Waals surface area contributed by atoms with Crippen LogP contribution in [-0.4, -0.2) is 19.1 Å². The number of halogens is 2. The highest BCUT2D eigenvalue weighted by Crippen LogP contribution is 2.26. The van der Waals surface area contributed by atoms with Gasteiger partial charge in [0.25, 0.3) is 0 Å². The molecule has 1 heterocycles. The van der Waals surface area contributed by atoms with Crippen molar-refractivity contribution in [3.8, 4) is 11.5 Å². The minimum atomic E-state index is -0.599. The van der Waals surface area contributed by atoms with Gasteiger partial charge < -0.3 is 9.64 Å². The minimum absolute atomic E-state index is 0.163. The molecule has 0 unspecified atom stereocenters. The lowest BCUT2D eigenvalue weighted by atomic mass is 10.3. The molecule has 0 saturated heterocycles. The second-order valence-electron chi connectivity index (χ2n) is 3.94. The summed E-state index contributed by atoms with van der Waals surface area (Å²) in [6, 6.07) is 8.67. The zero-order valence-corrected chi connectivity index (χ0v) is 10.8. The number of ether oxygens (including phenoxy) is 1. The monoisotopic (exact) mass is 266 g/mol. The zero-order chi connectivity index (χ0) is 13.1. The number of aromatic nitrogens is 1. The van der Waals surface area contributed by atoms with Gasteiger partial charge in [-0.2, -0.15) is 0 Å². The fourth-order valence-electron chi connectivity index (χ4n) is 1.42. The largest absolute Gasteiger partial charge is 0.456 e. The summed E-state index contributed by atoms with van der Waals surface area (Å²) in [5.74, 6) is 0.329. The van der Waals surface area contributed by atoms with Crippen LogP contribution in [0.25, 0.3) is 0 Å². The Bertz CT molecular complexity index is 560. The number of anilines is 1. The SMILES string of the molecule is CN(C)c1cccc(Oc2cnc(Cl)c(F)c2)c1. The molecule has 2 rings (SSSR count). The van der Waals surface area contributed by atoms with Crippen LogP contribution in [0.4, 0.5) is 10.1 Å². The fraction of sp³-hybridized carbons (Fsp3) is 0.154. The summed E-state index contributed by atoms with van der Waals surface area (Å²) < 4.78 is 18.7. The van der Waals surface area contributed by atoms with Gasteiger partial charge in [0.2, 0.25) is 0 Å². The second-order valence-corrected chi connectivity index (χ2v) is 4.30. The van der Waals surface area contributed by atoms with Crippen LogP contribution in [-0.2, 0) is 0 Å². The number of hydrogen-bond acceptors (Lipinski definition) is 3. The average molecular weight is 267 g/mol. The van der Waals surface area contributed by atoms with Crippen LogP contribution in [0.2, 0.25) is 5.15 Å². The third kappa shape index (κ3) is 2.90. The predicted molar refractivity (Wildman–Crippen MR) is 70.0 cm³/mol. The summed E-state index contributed by atoms with van der Waals surface area (Å²) >= 11 is 5.50. The van der Waals surface area contributed by atoms with Crippen LogP contribution in [0.3, 0.4) is 0 Å². The molecule has 0 aliphatic rings. The van der Waals surface area contributed by atoms with Crippen LogP contribution >= 0.6 is 11.6 Å². The van der Waals surface area contributed by atoms with Crippen molar-refractivity contribution in [1.29, 1.82) is 0 Å². The predicted octanol–water partition coefficient (Wildman–Crippen LogP) is 3.73. The molecule has 0 fully saturated rings. The molecule has 3 nitrogen and oxygen atoms in total. The van der Waals surface area contributed by atoms with Crippen LogP contribution in [0, 0.1) is 5.82 Å². The van der Waals surface area contributed by atoms with Gasteiger partial charge in [0, 0.05) is 31.9 Å². The van der Waals surface area contributed by atoms with E-state index in [1.807, 2.05) is 37.2 Å². The van der Waals surface area contributed by atoms with Crippen molar-refractivity contribution >= 4 is 17.3 Å². The molecular formula is C13H12ClFN2O. The lowest BCUT2D eigenvalue weighted by molar-refractivity contribution is 0.473. The van der Waals surface area contributed by atoms with Gasteiger partial charge in [-0.25, -0.2) is 9.37 Å². The van der Waals surface area contributed by atoms with Crippen molar-refractivity contribution in [3.05, 3.63) is 47.5 Å². The lowest BCUT2D eigenvalue weighted by Crippen LogP contribution is -2.08. The first-order valence-corrected chi connectivity index (χ1v) is 5.70. The Labute approximate surface area is 110 Å². The Hall–Kier alpha value is -1.81. The fourth-order valence-corrected chi connectivity index (χ4v) is 1.52. The zero-order valence-electron chi connectivity index (χ0n) is 10.0. The number of pyridine rings is 1. The van der Waals surface area contributed by atoms with E-state index in [1.165, 1.54) is 12.3 Å². The molecule has 0 N–H and O–H groups in total. The molecule has 94 valence electrons. The van der Waals surface area contributed by atoms with Crippen molar-refractivity contribution in [1.82, 2.24) is 4.98 Å². The Morgan fingerprint density at radius 2 is 2.00 bits per heavy atom. The maximum absolute atomic E-state index is 13.2. The molecule has 0 aliphatic heterocycles. The Morgan fingerprint density at radius 3 is 2.67 bits per heavy atom. The third-order valence-electron chi connectivity index (χ3n) is 2.34. The molecule has 0 bridgehead atoms. The molecule has 1 aromatic carbocycles. The number of rotatable bonds is 3. The van der Waals surface area contributed by atoms with Crippen LogP contribution < -0.4 is 9.64 Å². The van der Waals surface area contributed by atoms with Crippen molar-refractivity contribution in [2.75, 3.05) is 19.0 Å². The molecule has 0 spiro atoms. The van der Waals surface area contributed by atoms with Gasteiger partial charge in [-0.3, -0.25) is 0 Å². The average Bonchev–Trinajstić information content (AvgIpc) is 2.34. The van der Waals surface area contributed by atoms with Gasteiger partial charge in [0.1, 0.15) is 11.5 Å². The van der Waals surface area contributed by atoms with E-state index in [0.29, 0.717) is 11.5 Å². The molecular weight excluding hydrogens is 255 g/mol. The molecule has 0 aliphatic carbocycles. The molecule has 2 aromatic rings. The number of benzene rings is 1. The van der Waals surface area contributed by atoms with E-state index in [2.05, 4.69) is 4.98 Å². The van der Waals surface area contributed by atoms with E-state index >= 15 is 0 Å². The molecule has 0 radical (unpaired) electrons. The van der Waals surface area contributed by atoms with Crippen LogP contribution in [0.15, 0.2) is 36.5 Å². The van der Waals surface area contributed by atoms with Crippen molar-refractivity contribution in [2.24, 2.45) is 0 Å². The van der Waals surface area contributed by atoms with E-state index in [9.17, 15) is 4.39 Å². The van der Waals surface area contributed by atoms with Crippen molar-refractivity contribution in [2.45, 2.75) is 0 Å². The Kier molecular flexibility index (Phi) is 3.67. The Balaban J connectivity index is 2.23. The molecule has 1 aromatic heterocycles. The first-order valence-electron chi connectivity index (χ1n) is 5.32. The number of nitrogens with zero attached hydrogens (tertiary/aromatic N) is 2. The maximum atomic E-state index is 13.2. The highest BCUT2D eigenvalue weighted by Gasteiger charge is 2.05. The van der Waals surface area contributed by atoms with E-state index in [0.717, 1.165) is 5.69 Å². The van der Waals surface area contributed by atoms with Crippen molar-refractivity contribution < 1.29 is 9.13 Å². The van der Waals surface area contributed by atoms with Crippen LogP contribution in [0.5, 0.6) is 11.5 Å². The van der Waals surface area contributed by atoms with Gasteiger partial charge in [0.15, 0.2) is 11.0 Å². The smallest absolute Gasteiger partial charge is 0.164 e. The number of hydrogen-bond donors (Lipinski definition) is 0. The van der Waals surface area contributed by atoms with Gasteiger partial charge in [-0.15, -0.1) is 0 Å². The molecule has 5 heteroatoms. The normalized spacial score (nSPS) is 10.2. The van der Waals surface area contributed by atoms with Gasteiger partial charge in [-0.1, -0.05) is 17.7 Å². The Morgan fingerprint density at radius 1 is 1.22 bits per heavy atom.